The molecule has 3 aromatic carbocycles. The Hall–Kier alpha value is -8.27. The minimum absolute atomic E-state index is 0.0715. The zero-order valence-corrected chi connectivity index (χ0v) is 52.1. The number of carboxylic acids is 2. The normalized spacial score (nSPS) is 9.73. The molecule has 3 N–H and O–H groups in total. The molecule has 37 heteroatoms. The number of rotatable bonds is 39. The molecule has 0 saturated carbocycles. The Balaban J connectivity index is 0. The van der Waals surface area contributed by atoms with Crippen LogP contribution >= 0.6 is 55.9 Å². The molecule has 0 aliphatic heterocycles. The highest BCUT2D eigenvalue weighted by atomic mass is 35.5. The zero-order chi connectivity index (χ0) is 68.5. The van der Waals surface area contributed by atoms with Crippen molar-refractivity contribution in [2.24, 2.45) is 0 Å². The lowest BCUT2D eigenvalue weighted by atomic mass is 10.3. The Labute approximate surface area is 540 Å². The van der Waals surface area contributed by atoms with Crippen molar-refractivity contribution >= 4 is 128 Å². The van der Waals surface area contributed by atoms with E-state index < -0.39 is 112 Å². The van der Waals surface area contributed by atoms with Gasteiger partial charge in [-0.15, -0.1) is 46.4 Å². The Kier molecular flexibility index (Phi) is 53.0. The van der Waals surface area contributed by atoms with Crippen LogP contribution in [0.4, 0.5) is 0 Å². The highest BCUT2D eigenvalue weighted by Crippen LogP contribution is 2.20. The number of hydrogen-bond donors (Lipinski definition) is 3. The summed E-state index contributed by atoms with van der Waals surface area (Å²) < 4.78 is 79.9. The number of hydrogen-bond acceptors (Lipinski definition) is 30. The van der Waals surface area contributed by atoms with Crippen LogP contribution in [0.3, 0.4) is 0 Å². The van der Waals surface area contributed by atoms with Gasteiger partial charge in [0, 0.05) is 35.7 Å². The largest absolute Gasteiger partial charge is 0.508 e. The van der Waals surface area contributed by atoms with E-state index >= 15 is 0 Å². The lowest BCUT2D eigenvalue weighted by Gasteiger charge is -2.08. The van der Waals surface area contributed by atoms with Gasteiger partial charge >= 0.3 is 71.6 Å². The van der Waals surface area contributed by atoms with Crippen LogP contribution in [-0.2, 0) is 114 Å². The van der Waals surface area contributed by atoms with Crippen LogP contribution in [0.5, 0.6) is 34.5 Å². The second-order valence-corrected chi connectivity index (χ2v) is 16.9. The summed E-state index contributed by atoms with van der Waals surface area (Å²) in [4.78, 5) is 130. The molecule has 0 heterocycles. The molecular weight excluding hydrogens is 1330 g/mol. The minimum atomic E-state index is -1.11. The molecule has 0 fully saturated rings. The number of carbonyl (C=O) groups excluding carboxylic acids is 10. The Morgan fingerprint density at radius 1 is 0.352 bits per heavy atom. The van der Waals surface area contributed by atoms with Crippen molar-refractivity contribution in [2.45, 2.75) is 25.7 Å². The summed E-state index contributed by atoms with van der Waals surface area (Å²) in [5.41, 5.74) is 0. The standard InChI is InChI=1S/C18H18O10.C12H14ClO6P.C12H13ClO6.2C6H9ClO5/c1-3-15(19)25-11-23-9-17(21)27-13-5-7-14(8-6-13)28-18(22)10-24-12-26-16(20)4-2;13-6-5-11(14)17-8-16-7-12(15)18-9-1-3-10(19-20)4-2-9;13-6-5-11(15)18-8-17-7-12(16)19-10-3-1-9(14)2-4-10;2*7-2-1-6(10)12-4-11-3-5(8)9/h3-8H,1-2,9-12H2;1-4H,5-8,20H2;1-4,14H,5-8H2;2*1-4H2,(H,8,9). The summed E-state index contributed by atoms with van der Waals surface area (Å²) in [7, 11) is 2.11. The number of phenolic OH excluding ortho intramolecular Hbond substituents is 1. The van der Waals surface area contributed by atoms with Crippen LogP contribution in [0.25, 0.3) is 0 Å². The van der Waals surface area contributed by atoms with Crippen molar-refractivity contribution in [3.8, 4) is 34.5 Å². The van der Waals surface area contributed by atoms with Gasteiger partial charge in [-0.3, -0.25) is 19.2 Å². The molecule has 0 aliphatic rings. The second kappa shape index (κ2) is 56.9. The monoisotopic (exact) mass is 1390 g/mol. The number of aliphatic carboxylic acids is 2. The van der Waals surface area contributed by atoms with Crippen LogP contribution in [0.2, 0.25) is 0 Å². The van der Waals surface area contributed by atoms with E-state index in [1.165, 1.54) is 48.5 Å². The SMILES string of the molecule is C=CC(=O)OCOCC(=O)Oc1ccc(OC(=O)COCOC(=O)C=C)cc1.O=C(CCCl)OCOCC(=O)Oc1ccc(O)cc1.O=C(CCCl)OCOCC(=O)Oc1ccc(OP)cc1.O=C(O)COCOC(=O)CCCl.O=C(O)COCOC(=O)CCCl. The van der Waals surface area contributed by atoms with Crippen LogP contribution in [-0.4, -0.2) is 191 Å². The average Bonchev–Trinajstić information content (AvgIpc) is 3.60. The third-order valence-electron chi connectivity index (χ3n) is 8.19. The third-order valence-corrected chi connectivity index (χ3v) is 9.22. The number of esters is 10. The minimum Gasteiger partial charge on any atom is -0.508 e. The van der Waals surface area contributed by atoms with E-state index in [1.807, 2.05) is 0 Å². The smallest absolute Gasteiger partial charge is 0.337 e. The van der Waals surface area contributed by atoms with Gasteiger partial charge in [-0.25, -0.2) is 38.4 Å². The molecule has 91 heavy (non-hydrogen) atoms. The maximum absolute atomic E-state index is 11.6. The summed E-state index contributed by atoms with van der Waals surface area (Å²) in [6, 6.07) is 17.7. The fourth-order valence-corrected chi connectivity index (χ4v) is 5.20. The van der Waals surface area contributed by atoms with Gasteiger partial charge in [-0.05, 0) is 72.8 Å². The molecule has 1 unspecified atom stereocenters. The molecule has 0 aromatic heterocycles. The number of aromatic hydroxyl groups is 1. The number of carbonyl (C=O) groups is 12. The van der Waals surface area contributed by atoms with Gasteiger partial charge in [0.2, 0.25) is 0 Å². The van der Waals surface area contributed by atoms with Crippen molar-refractivity contribution in [1.82, 2.24) is 0 Å². The van der Waals surface area contributed by atoms with Gasteiger partial charge in [0.25, 0.3) is 0 Å². The van der Waals surface area contributed by atoms with E-state index in [0.717, 1.165) is 12.2 Å². The first-order valence-electron chi connectivity index (χ1n) is 25.1. The highest BCUT2D eigenvalue weighted by Gasteiger charge is 2.12. The second-order valence-electron chi connectivity index (χ2n) is 15.2. The van der Waals surface area contributed by atoms with Gasteiger partial charge in [0.1, 0.15) is 74.1 Å². The Morgan fingerprint density at radius 2 is 0.571 bits per heavy atom. The van der Waals surface area contributed by atoms with Crippen LogP contribution < -0.4 is 23.5 Å². The highest BCUT2D eigenvalue weighted by molar-refractivity contribution is 7.10. The summed E-state index contributed by atoms with van der Waals surface area (Å²) in [5, 5.41) is 25.2. The number of halogens is 4. The maximum atomic E-state index is 11.6. The summed E-state index contributed by atoms with van der Waals surface area (Å²) >= 11 is 21.1. The lowest BCUT2D eigenvalue weighted by molar-refractivity contribution is -0.162. The van der Waals surface area contributed by atoms with Gasteiger partial charge in [-0.2, -0.15) is 0 Å². The van der Waals surface area contributed by atoms with E-state index in [4.69, 9.17) is 104 Å². The van der Waals surface area contributed by atoms with Gasteiger partial charge < -0.3 is 95.6 Å². The van der Waals surface area contributed by atoms with Crippen molar-refractivity contribution < 1.29 is 153 Å². The lowest BCUT2D eigenvalue weighted by Crippen LogP contribution is -2.18. The summed E-state index contributed by atoms with van der Waals surface area (Å²) in [6.45, 7) is 1.74. The van der Waals surface area contributed by atoms with Crippen LogP contribution in [0.15, 0.2) is 98.1 Å². The molecule has 0 saturated heterocycles. The van der Waals surface area contributed by atoms with E-state index in [2.05, 4.69) is 60.5 Å². The van der Waals surface area contributed by atoms with Crippen molar-refractivity contribution in [3.05, 3.63) is 98.1 Å². The molecule has 0 spiro atoms. The topological polar surface area (TPSA) is 422 Å². The first-order valence-corrected chi connectivity index (χ1v) is 27.7. The molecule has 3 rings (SSSR count). The summed E-state index contributed by atoms with van der Waals surface area (Å²) in [6.07, 6.45) is 2.29. The first kappa shape index (κ1) is 84.8. The summed E-state index contributed by atoms with van der Waals surface area (Å²) in [5.74, 6) is -5.83. The van der Waals surface area contributed by atoms with E-state index in [1.54, 1.807) is 24.3 Å². The number of alkyl halides is 4. The number of benzene rings is 3. The number of phenols is 1. The fourth-order valence-electron chi connectivity index (χ4n) is 4.42. The quantitative estimate of drug-likeness (QED) is 0.0102. The van der Waals surface area contributed by atoms with Crippen molar-refractivity contribution in [1.29, 1.82) is 0 Å². The molecule has 3 aromatic rings. The zero-order valence-electron chi connectivity index (χ0n) is 47.9. The average molecular weight is 1400 g/mol. The molecule has 504 valence electrons. The van der Waals surface area contributed by atoms with E-state index in [0.29, 0.717) is 11.5 Å². The Morgan fingerprint density at radius 3 is 0.791 bits per heavy atom. The van der Waals surface area contributed by atoms with Gasteiger partial charge in [-0.1, -0.05) is 13.2 Å². The van der Waals surface area contributed by atoms with Gasteiger partial charge in [0.05, 0.1) is 35.2 Å². The molecule has 0 bridgehead atoms. The number of ether oxygens (including phenoxy) is 16. The van der Waals surface area contributed by atoms with Crippen molar-refractivity contribution in [3.63, 3.8) is 0 Å². The van der Waals surface area contributed by atoms with Gasteiger partial charge in [0.15, 0.2) is 40.8 Å². The van der Waals surface area contributed by atoms with E-state index in [-0.39, 0.29) is 113 Å². The predicted molar refractivity (Wildman–Crippen MR) is 312 cm³/mol. The molecular formula is C54H63Cl4O32P. The van der Waals surface area contributed by atoms with Crippen molar-refractivity contribution in [2.75, 3.05) is 104 Å². The molecule has 0 radical (unpaired) electrons. The predicted octanol–water partition coefficient (Wildman–Crippen LogP) is 4.69. The maximum Gasteiger partial charge on any atom is 0.337 e. The molecule has 0 aliphatic carbocycles. The Bertz CT molecular complexity index is 2570. The third kappa shape index (κ3) is 54.4. The molecule has 1 atom stereocenters. The molecule has 32 nitrogen and oxygen atoms in total. The fraction of sp³-hybridized carbons (Fsp3) is 0.370. The molecule has 0 amide bonds. The van der Waals surface area contributed by atoms with E-state index in [9.17, 15) is 57.5 Å². The van der Waals surface area contributed by atoms with Crippen LogP contribution in [0.1, 0.15) is 25.7 Å². The van der Waals surface area contributed by atoms with Crippen LogP contribution in [0, 0.1) is 0 Å². The number of carboxylic acid groups (broad SMARTS) is 2. The first-order chi connectivity index (χ1) is 43.5.